The number of amides is 2. The minimum atomic E-state index is -0.526. The van der Waals surface area contributed by atoms with Crippen LogP contribution in [0, 0.1) is 0 Å². The van der Waals surface area contributed by atoms with Crippen LogP contribution in [0.4, 0.5) is 11.4 Å². The van der Waals surface area contributed by atoms with Crippen molar-refractivity contribution in [1.82, 2.24) is 0 Å². The van der Waals surface area contributed by atoms with E-state index in [9.17, 15) is 9.59 Å². The van der Waals surface area contributed by atoms with Gasteiger partial charge in [0.25, 0.3) is 5.91 Å². The number of para-hydroxylation sites is 2. The maximum absolute atomic E-state index is 11.9. The topological polar surface area (TPSA) is 58.6 Å². The first-order chi connectivity index (χ1) is 9.13. The van der Waals surface area contributed by atoms with Crippen LogP contribution in [-0.4, -0.2) is 31.6 Å². The van der Waals surface area contributed by atoms with Crippen molar-refractivity contribution in [3.8, 4) is 0 Å². The van der Waals surface area contributed by atoms with Gasteiger partial charge in [0.1, 0.15) is 6.10 Å². The number of carbonyl (C=O) groups is 2. The molecule has 1 saturated heterocycles. The van der Waals surface area contributed by atoms with Gasteiger partial charge in [0, 0.05) is 20.1 Å². The summed E-state index contributed by atoms with van der Waals surface area (Å²) in [5.74, 6) is -0.122. The monoisotopic (exact) mass is 262 g/mol. The number of ether oxygens (including phenoxy) is 1. The van der Waals surface area contributed by atoms with Gasteiger partial charge in [-0.2, -0.15) is 0 Å². The highest BCUT2D eigenvalue weighted by atomic mass is 16.5. The Hall–Kier alpha value is -1.88. The van der Waals surface area contributed by atoms with E-state index in [1.165, 1.54) is 7.11 Å². The van der Waals surface area contributed by atoms with Crippen molar-refractivity contribution in [3.05, 3.63) is 24.3 Å². The average molecular weight is 262 g/mol. The van der Waals surface area contributed by atoms with E-state index < -0.39 is 6.10 Å². The first-order valence-electron chi connectivity index (χ1n) is 6.36. The Morgan fingerprint density at radius 1 is 1.42 bits per heavy atom. The maximum atomic E-state index is 11.9. The Morgan fingerprint density at radius 3 is 2.79 bits per heavy atom. The summed E-state index contributed by atoms with van der Waals surface area (Å²) in [6.07, 6.45) is 0.897. The molecule has 1 aliphatic heterocycles. The van der Waals surface area contributed by atoms with Crippen LogP contribution in [0.1, 0.15) is 19.8 Å². The lowest BCUT2D eigenvalue weighted by atomic mass is 10.2. The van der Waals surface area contributed by atoms with Gasteiger partial charge in [-0.3, -0.25) is 9.59 Å². The first-order valence-corrected chi connectivity index (χ1v) is 6.36. The van der Waals surface area contributed by atoms with Gasteiger partial charge in [0.05, 0.1) is 11.4 Å². The van der Waals surface area contributed by atoms with Crippen LogP contribution in [0.2, 0.25) is 0 Å². The van der Waals surface area contributed by atoms with Crippen molar-refractivity contribution in [2.24, 2.45) is 0 Å². The number of rotatable bonds is 4. The molecule has 5 heteroatoms. The number of anilines is 2. The van der Waals surface area contributed by atoms with Gasteiger partial charge in [-0.1, -0.05) is 12.1 Å². The van der Waals surface area contributed by atoms with Gasteiger partial charge in [0.2, 0.25) is 5.91 Å². The van der Waals surface area contributed by atoms with Crippen LogP contribution in [0.25, 0.3) is 0 Å². The van der Waals surface area contributed by atoms with E-state index in [0.29, 0.717) is 18.7 Å². The molecule has 19 heavy (non-hydrogen) atoms. The molecule has 1 atom stereocenters. The third-order valence-corrected chi connectivity index (χ3v) is 3.25. The van der Waals surface area contributed by atoms with E-state index in [-0.39, 0.29) is 11.8 Å². The van der Waals surface area contributed by atoms with Crippen LogP contribution in [0.3, 0.4) is 0 Å². The average Bonchev–Trinajstić information content (AvgIpc) is 2.84. The summed E-state index contributed by atoms with van der Waals surface area (Å²) in [6.45, 7) is 2.38. The number of hydrogen-bond donors (Lipinski definition) is 1. The highest BCUT2D eigenvalue weighted by Crippen LogP contribution is 2.29. The Kier molecular flexibility index (Phi) is 4.16. The molecule has 0 radical (unpaired) electrons. The molecule has 1 N–H and O–H groups in total. The minimum Gasteiger partial charge on any atom is -0.372 e. The summed E-state index contributed by atoms with van der Waals surface area (Å²) in [4.78, 5) is 25.4. The SMILES string of the molecule is COC(C)C(=O)Nc1ccccc1N1CCCC1=O. The van der Waals surface area contributed by atoms with Gasteiger partial charge < -0.3 is 15.0 Å². The lowest BCUT2D eigenvalue weighted by Gasteiger charge is -2.20. The fourth-order valence-electron chi connectivity index (χ4n) is 2.06. The number of methoxy groups -OCH3 is 1. The Balaban J connectivity index is 2.21. The van der Waals surface area contributed by atoms with E-state index in [2.05, 4.69) is 5.32 Å². The van der Waals surface area contributed by atoms with Crippen LogP contribution < -0.4 is 10.2 Å². The molecule has 0 aliphatic carbocycles. The van der Waals surface area contributed by atoms with E-state index in [1.807, 2.05) is 18.2 Å². The van der Waals surface area contributed by atoms with Gasteiger partial charge in [-0.15, -0.1) is 0 Å². The zero-order chi connectivity index (χ0) is 13.8. The zero-order valence-corrected chi connectivity index (χ0v) is 11.2. The number of hydrogen-bond acceptors (Lipinski definition) is 3. The molecule has 0 saturated carbocycles. The fourth-order valence-corrected chi connectivity index (χ4v) is 2.06. The lowest BCUT2D eigenvalue weighted by molar-refractivity contribution is -0.124. The summed E-state index contributed by atoms with van der Waals surface area (Å²) < 4.78 is 4.98. The standard InChI is InChI=1S/C14H18N2O3/c1-10(19-2)14(18)15-11-6-3-4-7-12(11)16-9-5-8-13(16)17/h3-4,6-7,10H,5,8-9H2,1-2H3,(H,15,18). The molecule has 1 aliphatic rings. The summed E-state index contributed by atoms with van der Waals surface area (Å²) in [5, 5.41) is 2.80. The smallest absolute Gasteiger partial charge is 0.253 e. The van der Waals surface area contributed by atoms with Crippen molar-refractivity contribution >= 4 is 23.2 Å². The van der Waals surface area contributed by atoms with Crippen molar-refractivity contribution in [2.45, 2.75) is 25.9 Å². The molecule has 1 aromatic carbocycles. The Bertz CT molecular complexity index is 487. The molecular weight excluding hydrogens is 244 g/mol. The second-order valence-electron chi connectivity index (χ2n) is 4.53. The molecule has 102 valence electrons. The molecule has 2 amide bonds. The Labute approximate surface area is 112 Å². The van der Waals surface area contributed by atoms with E-state index in [4.69, 9.17) is 4.74 Å². The van der Waals surface area contributed by atoms with Crippen LogP contribution >= 0.6 is 0 Å². The molecule has 1 unspecified atom stereocenters. The third kappa shape index (κ3) is 2.93. The Morgan fingerprint density at radius 2 is 2.16 bits per heavy atom. The molecule has 2 rings (SSSR count). The van der Waals surface area contributed by atoms with Crippen molar-refractivity contribution in [1.29, 1.82) is 0 Å². The predicted octanol–water partition coefficient (Wildman–Crippen LogP) is 1.79. The zero-order valence-electron chi connectivity index (χ0n) is 11.2. The predicted molar refractivity (Wildman–Crippen MR) is 73.1 cm³/mol. The lowest BCUT2D eigenvalue weighted by Crippen LogP contribution is -2.29. The van der Waals surface area contributed by atoms with E-state index in [1.54, 1.807) is 17.9 Å². The summed E-state index contributed by atoms with van der Waals surface area (Å²) >= 11 is 0. The van der Waals surface area contributed by atoms with Crippen LogP contribution in [0.5, 0.6) is 0 Å². The number of benzene rings is 1. The van der Waals surface area contributed by atoms with Gasteiger partial charge in [-0.05, 0) is 25.5 Å². The molecule has 1 heterocycles. The fraction of sp³-hybridized carbons (Fsp3) is 0.429. The van der Waals surface area contributed by atoms with Crippen molar-refractivity contribution in [3.63, 3.8) is 0 Å². The molecule has 0 bridgehead atoms. The number of nitrogens with zero attached hydrogens (tertiary/aromatic N) is 1. The van der Waals surface area contributed by atoms with Gasteiger partial charge >= 0.3 is 0 Å². The first kappa shape index (κ1) is 13.5. The second-order valence-corrected chi connectivity index (χ2v) is 4.53. The third-order valence-electron chi connectivity index (χ3n) is 3.25. The highest BCUT2D eigenvalue weighted by Gasteiger charge is 2.24. The maximum Gasteiger partial charge on any atom is 0.253 e. The van der Waals surface area contributed by atoms with Gasteiger partial charge in [-0.25, -0.2) is 0 Å². The molecule has 0 aromatic heterocycles. The minimum absolute atomic E-state index is 0.0986. The summed E-state index contributed by atoms with van der Waals surface area (Å²) in [5.41, 5.74) is 1.40. The molecule has 0 spiro atoms. The number of nitrogens with one attached hydrogen (secondary N) is 1. The quantitative estimate of drug-likeness (QED) is 0.900. The molecule has 5 nitrogen and oxygen atoms in total. The van der Waals surface area contributed by atoms with Crippen LogP contribution in [-0.2, 0) is 14.3 Å². The largest absolute Gasteiger partial charge is 0.372 e. The summed E-state index contributed by atoms with van der Waals surface area (Å²) in [6, 6.07) is 7.32. The molecule has 1 fully saturated rings. The molecular formula is C14H18N2O3. The highest BCUT2D eigenvalue weighted by molar-refractivity contribution is 6.02. The van der Waals surface area contributed by atoms with Gasteiger partial charge in [0.15, 0.2) is 0 Å². The van der Waals surface area contributed by atoms with Crippen molar-refractivity contribution < 1.29 is 14.3 Å². The number of carbonyl (C=O) groups excluding carboxylic acids is 2. The second kappa shape index (κ2) is 5.84. The van der Waals surface area contributed by atoms with E-state index >= 15 is 0 Å². The normalized spacial score (nSPS) is 16.5. The molecule has 1 aromatic rings. The van der Waals surface area contributed by atoms with E-state index in [0.717, 1.165) is 12.1 Å². The van der Waals surface area contributed by atoms with Crippen molar-refractivity contribution in [2.75, 3.05) is 23.9 Å². The summed E-state index contributed by atoms with van der Waals surface area (Å²) in [7, 11) is 1.49. The van der Waals surface area contributed by atoms with Crippen LogP contribution in [0.15, 0.2) is 24.3 Å².